The third-order valence-electron chi connectivity index (χ3n) is 6.05. The van der Waals surface area contributed by atoms with Crippen LogP contribution in [0.1, 0.15) is 59.9 Å². The number of benzene rings is 1. The molecule has 3 atom stereocenters. The number of likely N-dealkylation sites (N-methyl/N-ethyl adjacent to an activating group) is 1. The molecule has 33 heavy (non-hydrogen) atoms. The Balaban J connectivity index is 1.76. The molecule has 8 heteroatoms. The van der Waals surface area contributed by atoms with E-state index in [9.17, 15) is 9.59 Å². The first kappa shape index (κ1) is 25.4. The van der Waals surface area contributed by atoms with E-state index in [1.54, 1.807) is 0 Å². The normalized spacial score (nSPS) is 22.0. The predicted octanol–water partition coefficient (Wildman–Crippen LogP) is 4.54. The number of nitrogens with zero attached hydrogens (tertiary/aromatic N) is 2. The molecule has 3 rings (SSSR count). The maximum atomic E-state index is 13.7. The summed E-state index contributed by atoms with van der Waals surface area (Å²) in [6, 6.07) is 7.52. The highest BCUT2D eigenvalue weighted by molar-refractivity contribution is 9.10. The maximum absolute atomic E-state index is 13.7. The summed E-state index contributed by atoms with van der Waals surface area (Å²) in [7, 11) is 2.06. The fourth-order valence-corrected chi connectivity index (χ4v) is 4.70. The van der Waals surface area contributed by atoms with Gasteiger partial charge in [-0.25, -0.2) is 4.79 Å². The van der Waals surface area contributed by atoms with E-state index in [0.717, 1.165) is 28.6 Å². The predicted molar refractivity (Wildman–Crippen MR) is 134 cm³/mol. The second kappa shape index (κ2) is 9.57. The van der Waals surface area contributed by atoms with Crippen LogP contribution in [0.3, 0.4) is 0 Å². The molecule has 0 radical (unpaired) electrons. The molecule has 2 amide bonds. The fraction of sp³-hybridized carbons (Fsp3) is 0.600. The number of carbonyl (C=O) groups is 2. The molecule has 2 aliphatic rings. The van der Waals surface area contributed by atoms with Crippen LogP contribution in [-0.4, -0.2) is 59.2 Å². The van der Waals surface area contributed by atoms with Crippen LogP contribution in [0.5, 0.6) is 0 Å². The van der Waals surface area contributed by atoms with E-state index in [2.05, 4.69) is 50.6 Å². The molecule has 1 unspecified atom stereocenters. The number of nitrogens with one attached hydrogen (secondary N) is 2. The number of alkyl carbamates (subject to hydrolysis) is 1. The second-order valence-corrected chi connectivity index (χ2v) is 11.9. The first-order valence-corrected chi connectivity index (χ1v) is 12.3. The minimum absolute atomic E-state index is 0.00279. The minimum Gasteiger partial charge on any atom is -0.444 e. The van der Waals surface area contributed by atoms with Gasteiger partial charge in [-0.1, -0.05) is 48.8 Å². The molecule has 0 spiro atoms. The van der Waals surface area contributed by atoms with Gasteiger partial charge in [0, 0.05) is 24.3 Å². The molecular formula is C25H37BrN4O3. The van der Waals surface area contributed by atoms with Gasteiger partial charge in [-0.3, -0.25) is 4.79 Å². The van der Waals surface area contributed by atoms with E-state index in [1.807, 2.05) is 64.8 Å². The van der Waals surface area contributed by atoms with Gasteiger partial charge >= 0.3 is 6.09 Å². The average Bonchev–Trinajstić information content (AvgIpc) is 3.30. The Morgan fingerprint density at radius 1 is 1.15 bits per heavy atom. The number of amides is 2. The lowest BCUT2D eigenvalue weighted by molar-refractivity contribution is -0.138. The lowest BCUT2D eigenvalue weighted by Crippen LogP contribution is -2.59. The summed E-state index contributed by atoms with van der Waals surface area (Å²) in [5.41, 5.74) is 1.12. The summed E-state index contributed by atoms with van der Waals surface area (Å²) < 4.78 is 6.48. The van der Waals surface area contributed by atoms with Crippen molar-refractivity contribution < 1.29 is 14.3 Å². The van der Waals surface area contributed by atoms with Crippen molar-refractivity contribution in [2.75, 3.05) is 13.6 Å². The minimum atomic E-state index is -0.682. The second-order valence-electron chi connectivity index (χ2n) is 10.9. The van der Waals surface area contributed by atoms with E-state index in [1.165, 1.54) is 0 Å². The highest BCUT2D eigenvalue weighted by Crippen LogP contribution is 2.32. The first-order valence-electron chi connectivity index (χ1n) is 11.5. The Morgan fingerprint density at radius 2 is 1.79 bits per heavy atom. The van der Waals surface area contributed by atoms with E-state index < -0.39 is 23.2 Å². The Bertz CT molecular complexity index is 902. The quantitative estimate of drug-likeness (QED) is 0.609. The van der Waals surface area contributed by atoms with Gasteiger partial charge in [-0.15, -0.1) is 0 Å². The average molecular weight is 522 g/mol. The van der Waals surface area contributed by atoms with E-state index in [0.29, 0.717) is 6.54 Å². The largest absolute Gasteiger partial charge is 0.444 e. The topological polar surface area (TPSA) is 73.9 Å². The van der Waals surface area contributed by atoms with Crippen molar-refractivity contribution in [3.05, 3.63) is 40.5 Å². The Hall–Kier alpha value is -2.22. The van der Waals surface area contributed by atoms with Gasteiger partial charge in [0.05, 0.1) is 11.7 Å². The summed E-state index contributed by atoms with van der Waals surface area (Å²) in [6.07, 6.45) is 3.26. The summed E-state index contributed by atoms with van der Waals surface area (Å²) in [5.74, 6) is -0.0665. The zero-order chi connectivity index (χ0) is 24.6. The Kier molecular flexibility index (Phi) is 7.36. The van der Waals surface area contributed by atoms with E-state index in [-0.39, 0.29) is 18.1 Å². The lowest BCUT2D eigenvalue weighted by atomic mass is 9.85. The van der Waals surface area contributed by atoms with Crippen molar-refractivity contribution >= 4 is 33.6 Å². The van der Waals surface area contributed by atoms with E-state index in [4.69, 9.17) is 4.74 Å². The first-order chi connectivity index (χ1) is 15.3. The third kappa shape index (κ3) is 6.02. The third-order valence-corrected chi connectivity index (χ3v) is 6.58. The Morgan fingerprint density at radius 3 is 2.36 bits per heavy atom. The zero-order valence-corrected chi connectivity index (χ0v) is 22.3. The molecule has 0 bridgehead atoms. The van der Waals surface area contributed by atoms with Crippen LogP contribution < -0.4 is 10.6 Å². The zero-order valence-electron chi connectivity index (χ0n) is 20.7. The number of likely N-dealkylation sites (tertiary alicyclic amines) is 1. The SMILES string of the molecule is CN1C(c2ccc(Br)cc2)=CNC1[C@@H]1CCCN1C(=O)[C@@H](NC(=O)OC(C)(C)C)C(C)(C)C. The fourth-order valence-electron chi connectivity index (χ4n) is 4.44. The van der Waals surface area contributed by atoms with Crippen LogP contribution in [0, 0.1) is 5.41 Å². The van der Waals surface area contributed by atoms with Crippen LogP contribution in [0.4, 0.5) is 4.79 Å². The monoisotopic (exact) mass is 520 g/mol. The standard InChI is InChI=1S/C25H37BrN4O3/c1-24(2,3)20(28-23(32)33-25(4,5)6)22(31)30-14-8-9-18(30)21-27-15-19(29(21)7)16-10-12-17(26)13-11-16/h10-13,15,18,20-21,27H,8-9,14H2,1-7H3,(H,28,32)/t18-,20+,21?/m0/s1. The van der Waals surface area contributed by atoms with Crippen molar-refractivity contribution in [1.82, 2.24) is 20.4 Å². The molecule has 1 saturated heterocycles. The molecule has 1 aromatic rings. The lowest BCUT2D eigenvalue weighted by Gasteiger charge is -2.39. The van der Waals surface area contributed by atoms with Gasteiger partial charge in [-0.2, -0.15) is 0 Å². The Labute approximate surface area is 206 Å². The van der Waals surface area contributed by atoms with Crippen molar-refractivity contribution in [2.45, 2.75) is 78.2 Å². The van der Waals surface area contributed by atoms with Gasteiger partial charge in [0.1, 0.15) is 17.8 Å². The van der Waals surface area contributed by atoms with Crippen molar-refractivity contribution in [3.8, 4) is 0 Å². The van der Waals surface area contributed by atoms with Crippen LogP contribution in [-0.2, 0) is 9.53 Å². The van der Waals surface area contributed by atoms with Crippen molar-refractivity contribution in [1.29, 1.82) is 0 Å². The number of hydrogen-bond acceptors (Lipinski definition) is 5. The molecule has 0 aromatic heterocycles. The highest BCUT2D eigenvalue weighted by Gasteiger charge is 2.44. The van der Waals surface area contributed by atoms with Crippen LogP contribution in [0.15, 0.2) is 34.9 Å². The number of carbonyl (C=O) groups excluding carboxylic acids is 2. The van der Waals surface area contributed by atoms with Gasteiger partial charge in [0.25, 0.3) is 0 Å². The van der Waals surface area contributed by atoms with Gasteiger partial charge in [0.2, 0.25) is 5.91 Å². The molecule has 182 valence electrons. The van der Waals surface area contributed by atoms with Gasteiger partial charge in [0.15, 0.2) is 0 Å². The van der Waals surface area contributed by atoms with Crippen LogP contribution in [0.25, 0.3) is 5.70 Å². The number of hydrogen-bond donors (Lipinski definition) is 2. The molecule has 0 saturated carbocycles. The van der Waals surface area contributed by atoms with Crippen molar-refractivity contribution in [3.63, 3.8) is 0 Å². The van der Waals surface area contributed by atoms with E-state index >= 15 is 0 Å². The summed E-state index contributed by atoms with van der Waals surface area (Å²) >= 11 is 3.49. The molecule has 7 nitrogen and oxygen atoms in total. The number of rotatable bonds is 4. The number of ether oxygens (including phenoxy) is 1. The summed E-state index contributed by atoms with van der Waals surface area (Å²) in [5, 5.41) is 6.34. The smallest absolute Gasteiger partial charge is 0.408 e. The molecule has 2 N–H and O–H groups in total. The molecule has 1 aromatic carbocycles. The summed E-state index contributed by atoms with van der Waals surface area (Å²) in [6.45, 7) is 12.0. The number of halogens is 1. The highest BCUT2D eigenvalue weighted by atomic mass is 79.9. The van der Waals surface area contributed by atoms with Crippen LogP contribution in [0.2, 0.25) is 0 Å². The van der Waals surface area contributed by atoms with Gasteiger partial charge in [-0.05, 0) is 56.7 Å². The van der Waals surface area contributed by atoms with Crippen molar-refractivity contribution in [2.24, 2.45) is 5.41 Å². The molecule has 2 aliphatic heterocycles. The van der Waals surface area contributed by atoms with Crippen LogP contribution >= 0.6 is 15.9 Å². The van der Waals surface area contributed by atoms with Gasteiger partial charge < -0.3 is 25.2 Å². The molecule has 0 aliphatic carbocycles. The molecule has 1 fully saturated rings. The maximum Gasteiger partial charge on any atom is 0.408 e. The molecule has 2 heterocycles. The molecular weight excluding hydrogens is 484 g/mol. The summed E-state index contributed by atoms with van der Waals surface area (Å²) in [4.78, 5) is 30.4.